The lowest BCUT2D eigenvalue weighted by atomic mass is 10.1. The Balaban J connectivity index is 2.20. The predicted octanol–water partition coefficient (Wildman–Crippen LogP) is 1.75. The maximum Gasteiger partial charge on any atom is 0.182 e. The van der Waals surface area contributed by atoms with Crippen molar-refractivity contribution in [1.29, 1.82) is 0 Å². The zero-order chi connectivity index (χ0) is 13.0. The number of nitrogens with one attached hydrogen (secondary N) is 1. The number of rotatable bonds is 6. The first-order valence-corrected chi connectivity index (χ1v) is 6.64. The Hall–Kier alpha value is -1.49. The molecule has 98 valence electrons. The van der Waals surface area contributed by atoms with E-state index in [0.717, 1.165) is 43.0 Å². The number of aryl methyl sites for hydroxylation is 1. The molecule has 0 aliphatic heterocycles. The van der Waals surface area contributed by atoms with Crippen molar-refractivity contribution in [3.63, 3.8) is 0 Å². The number of fused-ring (bicyclic) bond motifs is 1. The summed E-state index contributed by atoms with van der Waals surface area (Å²) in [4.78, 5) is 4.45. The molecule has 1 unspecified atom stereocenters. The highest BCUT2D eigenvalue weighted by atomic mass is 15.2. The lowest BCUT2D eigenvalue weighted by Gasteiger charge is -2.16. The van der Waals surface area contributed by atoms with E-state index in [1.54, 1.807) is 0 Å². The number of hydrogen-bond donors (Lipinski definition) is 1. The summed E-state index contributed by atoms with van der Waals surface area (Å²) in [6.07, 6.45) is 6.88. The summed E-state index contributed by atoms with van der Waals surface area (Å²) in [5.74, 6) is 0.906. The van der Waals surface area contributed by atoms with Gasteiger partial charge in [-0.1, -0.05) is 13.8 Å². The summed E-state index contributed by atoms with van der Waals surface area (Å²) in [7, 11) is 0. The average molecular weight is 247 g/mol. The molecular weight excluding hydrogens is 226 g/mol. The van der Waals surface area contributed by atoms with Gasteiger partial charge in [-0.25, -0.2) is 0 Å². The third kappa shape index (κ3) is 2.67. The van der Waals surface area contributed by atoms with Crippen LogP contribution < -0.4 is 5.32 Å². The fourth-order valence-corrected chi connectivity index (χ4v) is 2.08. The molecule has 0 fully saturated rings. The molecule has 1 atom stereocenters. The van der Waals surface area contributed by atoms with Gasteiger partial charge in [0.2, 0.25) is 0 Å². The molecule has 0 aromatic carbocycles. The number of hydrogen-bond acceptors (Lipinski definition) is 4. The Morgan fingerprint density at radius 3 is 2.89 bits per heavy atom. The average Bonchev–Trinajstić information content (AvgIpc) is 2.77. The summed E-state index contributed by atoms with van der Waals surface area (Å²) in [6, 6.07) is 0.459. The molecule has 0 saturated carbocycles. The molecule has 1 N–H and O–H groups in total. The van der Waals surface area contributed by atoms with Crippen molar-refractivity contribution in [2.75, 3.05) is 6.54 Å². The minimum absolute atomic E-state index is 0.459. The lowest BCUT2D eigenvalue weighted by molar-refractivity contribution is 0.491. The molecule has 0 aliphatic carbocycles. The van der Waals surface area contributed by atoms with Gasteiger partial charge in [0, 0.05) is 24.9 Å². The van der Waals surface area contributed by atoms with Crippen LogP contribution in [0.2, 0.25) is 0 Å². The topological polar surface area (TPSA) is 55.1 Å². The van der Waals surface area contributed by atoms with Gasteiger partial charge < -0.3 is 5.32 Å². The summed E-state index contributed by atoms with van der Waals surface area (Å²) < 4.78 is 1.99. The van der Waals surface area contributed by atoms with Crippen molar-refractivity contribution in [1.82, 2.24) is 24.9 Å². The number of nitrogens with zero attached hydrogens (tertiary/aromatic N) is 4. The Labute approximate surface area is 108 Å². The van der Waals surface area contributed by atoms with E-state index in [1.807, 2.05) is 23.7 Å². The van der Waals surface area contributed by atoms with Crippen LogP contribution in [0.4, 0.5) is 0 Å². The SMILES string of the molecule is CCCNC(CC)Cc1nccn2c(C)nnc12. The molecule has 0 amide bonds. The molecule has 0 saturated heterocycles. The van der Waals surface area contributed by atoms with Crippen LogP contribution in [0.25, 0.3) is 5.65 Å². The molecule has 18 heavy (non-hydrogen) atoms. The maximum atomic E-state index is 4.45. The van der Waals surface area contributed by atoms with E-state index in [-0.39, 0.29) is 0 Å². The largest absolute Gasteiger partial charge is 0.314 e. The predicted molar refractivity (Wildman–Crippen MR) is 71.6 cm³/mol. The van der Waals surface area contributed by atoms with Gasteiger partial charge in [-0.3, -0.25) is 9.38 Å². The Morgan fingerprint density at radius 2 is 2.17 bits per heavy atom. The third-order valence-corrected chi connectivity index (χ3v) is 3.19. The van der Waals surface area contributed by atoms with Crippen LogP contribution in [0.5, 0.6) is 0 Å². The van der Waals surface area contributed by atoms with Crippen LogP contribution >= 0.6 is 0 Å². The van der Waals surface area contributed by atoms with E-state index >= 15 is 0 Å². The van der Waals surface area contributed by atoms with Crippen molar-refractivity contribution < 1.29 is 0 Å². The van der Waals surface area contributed by atoms with Crippen LogP contribution in [0.3, 0.4) is 0 Å². The molecule has 2 aromatic heterocycles. The zero-order valence-electron chi connectivity index (χ0n) is 11.3. The quantitative estimate of drug-likeness (QED) is 0.845. The molecule has 5 heteroatoms. The van der Waals surface area contributed by atoms with E-state index in [0.29, 0.717) is 6.04 Å². The van der Waals surface area contributed by atoms with E-state index in [1.165, 1.54) is 0 Å². The fraction of sp³-hybridized carbons (Fsp3) is 0.615. The third-order valence-electron chi connectivity index (χ3n) is 3.19. The summed E-state index contributed by atoms with van der Waals surface area (Å²) >= 11 is 0. The second kappa shape index (κ2) is 5.91. The maximum absolute atomic E-state index is 4.45. The van der Waals surface area contributed by atoms with Gasteiger partial charge in [0.1, 0.15) is 5.82 Å². The first-order valence-electron chi connectivity index (χ1n) is 6.64. The van der Waals surface area contributed by atoms with Gasteiger partial charge in [0.15, 0.2) is 5.65 Å². The minimum atomic E-state index is 0.459. The summed E-state index contributed by atoms with van der Waals surface area (Å²) in [5.41, 5.74) is 1.90. The second-order valence-corrected chi connectivity index (χ2v) is 4.58. The monoisotopic (exact) mass is 247 g/mol. The molecule has 2 aromatic rings. The highest BCUT2D eigenvalue weighted by molar-refractivity contribution is 5.43. The van der Waals surface area contributed by atoms with Gasteiger partial charge >= 0.3 is 0 Å². The van der Waals surface area contributed by atoms with Crippen LogP contribution in [0.1, 0.15) is 38.2 Å². The van der Waals surface area contributed by atoms with Crippen LogP contribution in [-0.2, 0) is 6.42 Å². The van der Waals surface area contributed by atoms with Crippen molar-refractivity contribution in [3.05, 3.63) is 23.9 Å². The molecule has 0 bridgehead atoms. The Morgan fingerprint density at radius 1 is 1.33 bits per heavy atom. The van der Waals surface area contributed by atoms with E-state index in [2.05, 4.69) is 34.3 Å². The van der Waals surface area contributed by atoms with Crippen LogP contribution in [0, 0.1) is 6.92 Å². The van der Waals surface area contributed by atoms with Crippen molar-refractivity contribution in [2.45, 2.75) is 46.1 Å². The van der Waals surface area contributed by atoms with Gasteiger partial charge in [0.05, 0.1) is 5.69 Å². The van der Waals surface area contributed by atoms with E-state index in [9.17, 15) is 0 Å². The molecular formula is C13H21N5. The molecule has 2 rings (SSSR count). The molecule has 0 radical (unpaired) electrons. The Kier molecular flexibility index (Phi) is 4.25. The highest BCUT2D eigenvalue weighted by Crippen LogP contribution is 2.10. The van der Waals surface area contributed by atoms with Crippen LogP contribution in [0.15, 0.2) is 12.4 Å². The first-order chi connectivity index (χ1) is 8.76. The van der Waals surface area contributed by atoms with Crippen molar-refractivity contribution in [3.8, 4) is 0 Å². The summed E-state index contributed by atoms with van der Waals surface area (Å²) in [6.45, 7) is 7.38. The molecule has 0 aliphatic rings. The smallest absolute Gasteiger partial charge is 0.182 e. The van der Waals surface area contributed by atoms with Gasteiger partial charge in [-0.05, 0) is 26.3 Å². The lowest BCUT2D eigenvalue weighted by Crippen LogP contribution is -2.31. The normalized spacial score (nSPS) is 13.1. The number of aromatic nitrogens is 4. The standard InChI is InChI=1S/C13H21N5/c1-4-6-14-11(5-2)9-12-13-17-16-10(3)18(13)8-7-15-12/h7-8,11,14H,4-6,9H2,1-3H3. The zero-order valence-corrected chi connectivity index (χ0v) is 11.3. The van der Waals surface area contributed by atoms with Crippen molar-refractivity contribution in [2.24, 2.45) is 0 Å². The molecule has 0 spiro atoms. The fourth-order valence-electron chi connectivity index (χ4n) is 2.08. The highest BCUT2D eigenvalue weighted by Gasteiger charge is 2.12. The second-order valence-electron chi connectivity index (χ2n) is 4.58. The van der Waals surface area contributed by atoms with Gasteiger partial charge in [-0.2, -0.15) is 0 Å². The van der Waals surface area contributed by atoms with E-state index in [4.69, 9.17) is 0 Å². The molecule has 5 nitrogen and oxygen atoms in total. The Bertz CT molecular complexity index is 505. The first kappa shape index (κ1) is 13.0. The van der Waals surface area contributed by atoms with Crippen molar-refractivity contribution >= 4 is 5.65 Å². The summed E-state index contributed by atoms with van der Waals surface area (Å²) in [5, 5.41) is 11.9. The van der Waals surface area contributed by atoms with E-state index < -0.39 is 0 Å². The van der Waals surface area contributed by atoms with Gasteiger partial charge in [0.25, 0.3) is 0 Å². The minimum Gasteiger partial charge on any atom is -0.314 e. The molecule has 2 heterocycles. The van der Waals surface area contributed by atoms with Crippen LogP contribution in [-0.4, -0.2) is 32.2 Å². The van der Waals surface area contributed by atoms with Gasteiger partial charge in [-0.15, -0.1) is 10.2 Å².